The second-order valence-electron chi connectivity index (χ2n) is 7.97. The monoisotopic (exact) mass is 642 g/mol. The van der Waals surface area contributed by atoms with Gasteiger partial charge in [-0.25, -0.2) is 22.0 Å². The molecule has 1 rings (SSSR count). The molecule has 0 heterocycles. The van der Waals surface area contributed by atoms with Gasteiger partial charge >= 0.3 is 41.5 Å². The zero-order chi connectivity index (χ0) is 31.9. The van der Waals surface area contributed by atoms with E-state index < -0.39 is 101 Å². The molecule has 0 saturated carbocycles. The highest BCUT2D eigenvalue weighted by Gasteiger charge is 2.92. The minimum atomic E-state index is -8.49. The Kier molecular flexibility index (Phi) is 10.3. The van der Waals surface area contributed by atoms with Gasteiger partial charge < -0.3 is 9.53 Å². The van der Waals surface area contributed by atoms with Gasteiger partial charge in [0.05, 0.1) is 6.61 Å². The Morgan fingerprint density at radius 3 is 1.50 bits per heavy atom. The lowest BCUT2D eigenvalue weighted by Crippen LogP contribution is -2.72. The second kappa shape index (κ2) is 11.5. The fourth-order valence-electron chi connectivity index (χ4n) is 3.17. The first-order chi connectivity index (χ1) is 17.8. The molecular formula is C19H15F17O3Si. The van der Waals surface area contributed by atoms with Gasteiger partial charge in [0, 0.05) is 0 Å². The van der Waals surface area contributed by atoms with Gasteiger partial charge in [0.1, 0.15) is 5.92 Å². The second-order valence-corrected chi connectivity index (χ2v) is 8.38. The third kappa shape index (κ3) is 5.33. The van der Waals surface area contributed by atoms with E-state index in [0.717, 1.165) is 6.07 Å². The first-order valence-corrected chi connectivity index (χ1v) is 10.9. The van der Waals surface area contributed by atoms with Crippen LogP contribution in [0.3, 0.4) is 0 Å². The van der Waals surface area contributed by atoms with Crippen molar-refractivity contribution >= 4 is 16.5 Å². The molecule has 0 aliphatic heterocycles. The van der Waals surface area contributed by atoms with Gasteiger partial charge in [-0.1, -0.05) is 24.3 Å². The van der Waals surface area contributed by atoms with E-state index in [2.05, 4.69) is 4.43 Å². The van der Waals surface area contributed by atoms with Crippen LogP contribution in [0.25, 0.3) is 0 Å². The standard InChI is InChI=1S/C19H15F17O3Si/c20-9(12(23)24)11(22)15(27,28)17(31,32)19(35,36)18(33,34)16(29,30)14(25,26)10(21)7-4-2-1-3-6(7)8(5-37)13(38)39-40/h1-4,8-12,37H,5H2,40H3. The van der Waals surface area contributed by atoms with Crippen LogP contribution in [0.15, 0.2) is 24.3 Å². The van der Waals surface area contributed by atoms with E-state index in [4.69, 9.17) is 0 Å². The van der Waals surface area contributed by atoms with E-state index in [9.17, 15) is 84.5 Å². The molecule has 1 aromatic carbocycles. The summed E-state index contributed by atoms with van der Waals surface area (Å²) in [7, 11) is -0.449. The molecule has 0 aliphatic rings. The number of hydrogen-bond acceptors (Lipinski definition) is 3. The number of carbonyl (C=O) groups is 1. The zero-order valence-corrected chi connectivity index (χ0v) is 21.1. The van der Waals surface area contributed by atoms with Crippen LogP contribution in [0.4, 0.5) is 74.6 Å². The smallest absolute Gasteiger partial charge is 0.384 e. The normalized spacial score (nSPS) is 17.5. The van der Waals surface area contributed by atoms with Crippen molar-refractivity contribution in [2.24, 2.45) is 0 Å². The lowest BCUT2D eigenvalue weighted by Gasteiger charge is -2.42. The van der Waals surface area contributed by atoms with Crippen molar-refractivity contribution in [2.45, 2.75) is 66.4 Å². The van der Waals surface area contributed by atoms with Gasteiger partial charge in [0.2, 0.25) is 16.7 Å². The van der Waals surface area contributed by atoms with Gasteiger partial charge in [-0.05, 0) is 11.1 Å². The summed E-state index contributed by atoms with van der Waals surface area (Å²) in [5.74, 6) is -51.8. The Balaban J connectivity index is 3.72. The summed E-state index contributed by atoms with van der Waals surface area (Å²) in [6.07, 6.45) is -20.7. The van der Waals surface area contributed by atoms with Crippen molar-refractivity contribution < 1.29 is 89.0 Å². The Bertz CT molecular complexity index is 1030. The van der Waals surface area contributed by atoms with Crippen molar-refractivity contribution in [3.8, 4) is 0 Å². The Hall–Kier alpha value is -2.32. The van der Waals surface area contributed by atoms with Crippen LogP contribution in [-0.4, -0.2) is 82.5 Å². The predicted octanol–water partition coefficient (Wildman–Crippen LogP) is 5.35. The van der Waals surface area contributed by atoms with Crippen LogP contribution in [-0.2, 0) is 9.22 Å². The van der Waals surface area contributed by atoms with E-state index in [0.29, 0.717) is 12.1 Å². The van der Waals surface area contributed by atoms with Gasteiger partial charge in [-0.3, -0.25) is 4.79 Å². The van der Waals surface area contributed by atoms with Gasteiger partial charge in [-0.15, -0.1) is 0 Å². The topological polar surface area (TPSA) is 46.5 Å². The lowest BCUT2D eigenvalue weighted by molar-refractivity contribution is -0.434. The van der Waals surface area contributed by atoms with Crippen LogP contribution in [0.2, 0.25) is 0 Å². The minimum Gasteiger partial charge on any atom is -0.528 e. The Labute approximate surface area is 214 Å². The van der Waals surface area contributed by atoms with Crippen molar-refractivity contribution in [1.82, 2.24) is 0 Å². The molecule has 4 atom stereocenters. The van der Waals surface area contributed by atoms with Crippen LogP contribution in [0, 0.1) is 0 Å². The number of rotatable bonds is 13. The lowest BCUT2D eigenvalue weighted by atomic mass is 9.84. The van der Waals surface area contributed by atoms with Crippen LogP contribution in [0.1, 0.15) is 23.2 Å². The van der Waals surface area contributed by atoms with Gasteiger partial charge in [0.15, 0.2) is 12.3 Å². The highest BCUT2D eigenvalue weighted by molar-refractivity contribution is 6.06. The average molecular weight is 642 g/mol. The molecule has 1 aromatic rings. The molecule has 0 aromatic heterocycles. The number of aliphatic hydroxyl groups is 1. The van der Waals surface area contributed by atoms with Crippen LogP contribution >= 0.6 is 0 Å². The maximum absolute atomic E-state index is 14.7. The summed E-state index contributed by atoms with van der Waals surface area (Å²) in [5, 5.41) is 9.25. The molecule has 232 valence electrons. The number of hydrogen-bond donors (Lipinski definition) is 1. The third-order valence-corrected chi connectivity index (χ3v) is 5.92. The molecule has 0 amide bonds. The van der Waals surface area contributed by atoms with Gasteiger partial charge in [0.25, 0.3) is 6.43 Å². The molecule has 3 nitrogen and oxygen atoms in total. The van der Waals surface area contributed by atoms with E-state index in [1.807, 2.05) is 0 Å². The maximum Gasteiger partial charge on any atom is 0.384 e. The predicted molar refractivity (Wildman–Crippen MR) is 102 cm³/mol. The minimum absolute atomic E-state index is 0.0888. The number of carbonyl (C=O) groups excluding carboxylic acids is 1. The molecule has 0 bridgehead atoms. The summed E-state index contributed by atoms with van der Waals surface area (Å²) in [4.78, 5) is 11.7. The molecule has 0 fully saturated rings. The summed E-state index contributed by atoms with van der Waals surface area (Å²) in [6.45, 7) is -1.42. The number of benzene rings is 1. The SMILES string of the molecule is O=C(O[SiH3])C(CO)c1ccccc1C(F)C(F)(F)C(F)(F)C(F)(F)C(F)(F)C(F)(F)C(F)(F)C(F)C(F)C(F)F. The molecule has 0 aliphatic carbocycles. The van der Waals surface area contributed by atoms with Gasteiger partial charge in [-0.2, -0.15) is 52.7 Å². The summed E-state index contributed by atoms with van der Waals surface area (Å²) in [5.41, 5.74) is -3.04. The van der Waals surface area contributed by atoms with Crippen molar-refractivity contribution in [1.29, 1.82) is 0 Å². The largest absolute Gasteiger partial charge is 0.528 e. The molecule has 40 heavy (non-hydrogen) atoms. The summed E-state index contributed by atoms with van der Waals surface area (Å²) >= 11 is 0. The van der Waals surface area contributed by atoms with Crippen LogP contribution in [0.5, 0.6) is 0 Å². The molecule has 0 spiro atoms. The maximum atomic E-state index is 14.7. The molecule has 1 N–H and O–H groups in total. The zero-order valence-electron chi connectivity index (χ0n) is 19.1. The quantitative estimate of drug-likeness (QED) is 0.233. The number of alkyl halides is 17. The summed E-state index contributed by atoms with van der Waals surface area (Å²) in [6, 6.07) is 1.90. The first kappa shape index (κ1) is 35.7. The Morgan fingerprint density at radius 2 is 1.12 bits per heavy atom. The van der Waals surface area contributed by atoms with E-state index in [-0.39, 0.29) is 6.07 Å². The summed E-state index contributed by atoms with van der Waals surface area (Å²) < 4.78 is 237. The Morgan fingerprint density at radius 1 is 0.725 bits per heavy atom. The molecular weight excluding hydrogens is 627 g/mol. The van der Waals surface area contributed by atoms with E-state index in [1.165, 1.54) is 0 Å². The molecule has 21 heteroatoms. The highest BCUT2D eigenvalue weighted by atomic mass is 28.2. The van der Waals surface area contributed by atoms with Crippen molar-refractivity contribution in [3.05, 3.63) is 35.4 Å². The molecule has 4 unspecified atom stereocenters. The fourth-order valence-corrected chi connectivity index (χ4v) is 3.45. The van der Waals surface area contributed by atoms with E-state index >= 15 is 0 Å². The van der Waals surface area contributed by atoms with Crippen LogP contribution < -0.4 is 0 Å². The highest BCUT2D eigenvalue weighted by Crippen LogP contribution is 2.63. The average Bonchev–Trinajstić information content (AvgIpc) is 2.86. The number of halogens is 17. The number of aliphatic hydroxyl groups excluding tert-OH is 1. The molecule has 0 saturated heterocycles. The first-order valence-electron chi connectivity index (χ1n) is 10.1. The molecule has 0 radical (unpaired) electrons. The fraction of sp³-hybridized carbons (Fsp3) is 0.632. The van der Waals surface area contributed by atoms with E-state index in [1.54, 1.807) is 0 Å². The van der Waals surface area contributed by atoms with Crippen molar-refractivity contribution in [3.63, 3.8) is 0 Å². The van der Waals surface area contributed by atoms with Crippen molar-refractivity contribution in [2.75, 3.05) is 6.61 Å². The third-order valence-electron chi connectivity index (χ3n) is 5.52.